The molecule has 0 aromatic heterocycles. The van der Waals surface area contributed by atoms with E-state index in [0.29, 0.717) is 0 Å². The second kappa shape index (κ2) is 27.4. The zero-order chi connectivity index (χ0) is 58.5. The minimum Gasteiger partial charge on any atom is -0.477 e. The van der Waals surface area contributed by atoms with Crippen molar-refractivity contribution in [1.82, 2.24) is 21.3 Å². The summed E-state index contributed by atoms with van der Waals surface area (Å²) in [5.41, 5.74) is 0. The average Bonchev–Trinajstić information content (AvgIpc) is 3.47. The van der Waals surface area contributed by atoms with Crippen LogP contribution in [0, 0.1) is 0 Å². The van der Waals surface area contributed by atoms with Crippen LogP contribution in [-0.2, 0) is 81.2 Å². The smallest absolute Gasteiger partial charge is 0.397 e. The normalized spacial score (nSPS) is 42.2. The van der Waals surface area contributed by atoms with Crippen LogP contribution in [0.25, 0.3) is 0 Å². The Kier molecular flexibility index (Phi) is 22.9. The number of carboxylic acid groups (broad SMARTS) is 1. The largest absolute Gasteiger partial charge is 0.477 e. The molecule has 0 bridgehead atoms. The molecule has 35 nitrogen and oxygen atoms in total. The van der Waals surface area contributed by atoms with Gasteiger partial charge in [-0.05, 0) is 6.42 Å². The van der Waals surface area contributed by atoms with Crippen LogP contribution >= 0.6 is 0 Å². The molecule has 36 heteroatoms. The Balaban J connectivity index is 1.42. The Hall–Kier alpha value is -3.62. The van der Waals surface area contributed by atoms with Crippen LogP contribution < -0.4 is 21.3 Å². The summed E-state index contributed by atoms with van der Waals surface area (Å²) in [5.74, 6) is -8.51. The summed E-state index contributed by atoms with van der Waals surface area (Å²) in [4.78, 5) is 62.4. The summed E-state index contributed by atoms with van der Waals surface area (Å²) >= 11 is 0. The third kappa shape index (κ3) is 15.3. The number of ether oxygens (including phenoxy) is 9. The summed E-state index contributed by atoms with van der Waals surface area (Å²) in [7, 11) is -5.20. The van der Waals surface area contributed by atoms with Gasteiger partial charge in [-0.1, -0.05) is 6.92 Å². The van der Waals surface area contributed by atoms with Gasteiger partial charge >= 0.3 is 16.4 Å². The van der Waals surface area contributed by atoms with Gasteiger partial charge in [0.2, 0.25) is 23.6 Å². The molecule has 5 aliphatic heterocycles. The van der Waals surface area contributed by atoms with Gasteiger partial charge in [0, 0.05) is 34.1 Å². The van der Waals surface area contributed by atoms with Crippen LogP contribution in [-0.4, -0.2) is 294 Å². The van der Waals surface area contributed by atoms with Gasteiger partial charge < -0.3 is 130 Å². The second-order valence-electron chi connectivity index (χ2n) is 19.1. The molecule has 0 saturated carbocycles. The van der Waals surface area contributed by atoms with E-state index in [1.165, 1.54) is 6.92 Å². The Morgan fingerprint density at radius 1 is 0.590 bits per heavy atom. The van der Waals surface area contributed by atoms with Gasteiger partial charge in [-0.3, -0.25) is 23.7 Å². The maximum atomic E-state index is 13.0. The van der Waals surface area contributed by atoms with Gasteiger partial charge in [-0.25, -0.2) is 8.98 Å². The van der Waals surface area contributed by atoms with Crippen molar-refractivity contribution >= 4 is 40.0 Å². The van der Waals surface area contributed by atoms with Crippen molar-refractivity contribution in [2.75, 3.05) is 26.4 Å². The highest BCUT2D eigenvalue weighted by molar-refractivity contribution is 7.80. The van der Waals surface area contributed by atoms with E-state index in [4.69, 9.17) is 42.6 Å². The van der Waals surface area contributed by atoms with Crippen LogP contribution in [0.3, 0.4) is 0 Å². The Morgan fingerprint density at radius 3 is 1.45 bits per heavy atom. The number of amides is 4. The second-order valence-corrected chi connectivity index (χ2v) is 20.2. The van der Waals surface area contributed by atoms with E-state index in [1.54, 1.807) is 0 Å². The Morgan fingerprint density at radius 2 is 1.01 bits per heavy atom. The molecule has 0 aliphatic carbocycles. The van der Waals surface area contributed by atoms with Crippen molar-refractivity contribution < 1.29 is 150 Å². The molecule has 0 spiro atoms. The third-order valence-electron chi connectivity index (χ3n) is 13.3. The van der Waals surface area contributed by atoms with Gasteiger partial charge in [0.25, 0.3) is 5.79 Å². The van der Waals surface area contributed by atoms with Crippen molar-refractivity contribution in [2.24, 2.45) is 0 Å². The van der Waals surface area contributed by atoms with E-state index >= 15 is 0 Å². The minimum absolute atomic E-state index is 0.138. The van der Waals surface area contributed by atoms with Crippen molar-refractivity contribution in [1.29, 1.82) is 0 Å². The number of carbonyl (C=O) groups is 5. The summed E-state index contributed by atoms with van der Waals surface area (Å²) < 4.78 is 88.6. The molecular formula is C42H70N4O31S. The topological polar surface area (TPSA) is 543 Å². The predicted octanol–water partition coefficient (Wildman–Crippen LogP) is -10.9. The Labute approximate surface area is 443 Å². The number of carbonyl (C=O) groups excluding carboxylic acids is 4. The lowest BCUT2D eigenvalue weighted by Gasteiger charge is -2.51. The zero-order valence-electron chi connectivity index (χ0n) is 42.3. The maximum absolute atomic E-state index is 13.0. The molecule has 0 aromatic carbocycles. The SMILES string of the molecule is CC[C@@H](O)[C@@H](O)[C@@H]1O[C@@](O[C@H]2[C@@H](O)[C@@H](CO)O[C@@H](O[C@H]3[C@H](O)[C@@H](NC(C)=O)[C@H](O[C@H]4[C@H](O)[C@@H](NC(C)=O)[C@H](O[C@H]5[C@H](O)[C@@H](NC(C)=O)C(O)O[C@@H]5COS(=O)(=O)O)O[C@@H]4CO)O[C@@H]3CO)[C@@H]2O)(C(=O)O)C[C@H](O)[C@H]1NC(C)=O. The first-order chi connectivity index (χ1) is 36.4. The Bertz CT molecular complexity index is 2160. The maximum Gasteiger partial charge on any atom is 0.397 e. The fourth-order valence-corrected chi connectivity index (χ4v) is 9.94. The van der Waals surface area contributed by atoms with Crippen LogP contribution in [0.1, 0.15) is 47.5 Å². The lowest BCUT2D eigenvalue weighted by atomic mass is 9.87. The molecule has 5 rings (SSSR count). The number of hydrogen-bond acceptors (Lipinski definition) is 29. The number of hydrogen-bond donors (Lipinski definition) is 18. The fraction of sp³-hybridized carbons (Fsp3) is 0.881. The van der Waals surface area contributed by atoms with E-state index in [-0.39, 0.29) is 6.42 Å². The first-order valence-corrected chi connectivity index (χ1v) is 25.6. The lowest BCUT2D eigenvalue weighted by molar-refractivity contribution is -0.386. The molecule has 5 fully saturated rings. The third-order valence-corrected chi connectivity index (χ3v) is 13.8. The minimum atomic E-state index is -5.20. The molecule has 5 aliphatic rings. The molecule has 1 unspecified atom stereocenters. The van der Waals surface area contributed by atoms with Crippen molar-refractivity contribution in [3.63, 3.8) is 0 Å². The number of aliphatic hydroxyl groups is 12. The van der Waals surface area contributed by atoms with Gasteiger partial charge in [0.05, 0.1) is 44.7 Å². The number of aliphatic carboxylic acids is 1. The molecular weight excluding hydrogens is 1090 g/mol. The monoisotopic (exact) mass is 1160 g/mol. The summed E-state index contributed by atoms with van der Waals surface area (Å²) in [6.45, 7) is 0.922. The molecule has 0 aromatic rings. The quantitative estimate of drug-likeness (QED) is 0.0448. The number of aliphatic hydroxyl groups excluding tert-OH is 12. The highest BCUT2D eigenvalue weighted by atomic mass is 32.3. The molecule has 450 valence electrons. The van der Waals surface area contributed by atoms with E-state index in [1.807, 2.05) is 0 Å². The van der Waals surface area contributed by atoms with Crippen molar-refractivity contribution in [3.05, 3.63) is 0 Å². The highest BCUT2D eigenvalue weighted by Crippen LogP contribution is 2.39. The molecule has 4 amide bonds. The number of carboxylic acids is 1. The molecule has 0 radical (unpaired) electrons. The van der Waals surface area contributed by atoms with E-state index in [9.17, 15) is 103 Å². The fourth-order valence-electron chi connectivity index (χ4n) is 9.63. The molecule has 26 atom stereocenters. The number of rotatable bonds is 22. The summed E-state index contributed by atoms with van der Waals surface area (Å²) in [5, 5.41) is 153. The van der Waals surface area contributed by atoms with Crippen molar-refractivity contribution in [2.45, 2.75) is 206 Å². The first-order valence-electron chi connectivity index (χ1n) is 24.2. The first kappa shape index (κ1) is 65.2. The van der Waals surface area contributed by atoms with Gasteiger partial charge in [-0.2, -0.15) is 8.42 Å². The van der Waals surface area contributed by atoms with E-state index in [0.717, 1.165) is 27.7 Å². The molecule has 18 N–H and O–H groups in total. The lowest BCUT2D eigenvalue weighted by Crippen LogP contribution is -2.72. The van der Waals surface area contributed by atoms with Crippen LogP contribution in [0.2, 0.25) is 0 Å². The summed E-state index contributed by atoms with van der Waals surface area (Å²) in [6, 6.07) is -6.94. The molecule has 78 heavy (non-hydrogen) atoms. The van der Waals surface area contributed by atoms with Gasteiger partial charge in [-0.15, -0.1) is 0 Å². The standard InChI is InChI=1S/C42H70N4O31S/c1-6-16(54)26(56)35-22(43-12(2)50)17(55)7-42(76-35,41(63)64)77-36-27(57)18(8-47)70-40(31(36)61)75-33-20(10-49)72-38(25(30(33)60)46-15(5)53)73-32-19(9-48)71-39(24(29(32)59)45-14(4)52)74-34-21(11-68-78(65,66)67)69-37(62)23(28(34)58)44-13(3)51/h16-40,47-49,54-62H,6-11H2,1-5H3,(H,43,50)(H,44,51)(H,45,52)(H,46,53)(H,63,64)(H,65,66,67)/t16-,17+,18-,19-,20-,21-,22-,23-,24-,25-,26-,27+,28-,29-,30-,31-,32-,33-,34-,35-,36+,37?,38+,39+,40+,42+/m1/s1. The zero-order valence-corrected chi connectivity index (χ0v) is 43.1. The van der Waals surface area contributed by atoms with E-state index < -0.39 is 232 Å². The highest BCUT2D eigenvalue weighted by Gasteiger charge is 2.61. The van der Waals surface area contributed by atoms with Crippen LogP contribution in [0.5, 0.6) is 0 Å². The molecule has 5 saturated heterocycles. The number of nitrogens with one attached hydrogen (secondary N) is 4. The predicted molar refractivity (Wildman–Crippen MR) is 244 cm³/mol. The summed E-state index contributed by atoms with van der Waals surface area (Å²) in [6.07, 6.45) is -43.2. The van der Waals surface area contributed by atoms with E-state index in [2.05, 4.69) is 25.5 Å². The van der Waals surface area contributed by atoms with Crippen LogP contribution in [0.4, 0.5) is 0 Å². The molecule has 5 heterocycles. The van der Waals surface area contributed by atoms with Gasteiger partial charge in [0.1, 0.15) is 110 Å². The average molecular weight is 1160 g/mol. The van der Waals surface area contributed by atoms with Gasteiger partial charge in [0.15, 0.2) is 25.2 Å². The van der Waals surface area contributed by atoms with Crippen molar-refractivity contribution in [3.8, 4) is 0 Å². The van der Waals surface area contributed by atoms with Crippen LogP contribution in [0.15, 0.2) is 0 Å².